The molecule has 2 aromatic heterocycles. The molecule has 1 aliphatic heterocycles. The number of amides is 1. The van der Waals surface area contributed by atoms with Gasteiger partial charge in [0.25, 0.3) is 5.91 Å². The minimum Gasteiger partial charge on any atom is -0.397 e. The van der Waals surface area contributed by atoms with Crippen molar-refractivity contribution in [1.29, 1.82) is 0 Å². The molecule has 28 heavy (non-hydrogen) atoms. The lowest BCUT2D eigenvalue weighted by molar-refractivity contribution is 0.0968. The maximum absolute atomic E-state index is 14.1. The highest BCUT2D eigenvalue weighted by Crippen LogP contribution is 2.37. The number of nitrogens with two attached hydrogens (primary N) is 1. The summed E-state index contributed by atoms with van der Waals surface area (Å²) in [6.07, 6.45) is 1.84. The van der Waals surface area contributed by atoms with Crippen molar-refractivity contribution in [3.05, 3.63) is 58.1 Å². The van der Waals surface area contributed by atoms with Crippen molar-refractivity contribution in [2.45, 2.75) is 25.4 Å². The lowest BCUT2D eigenvalue weighted by atomic mass is 10.1. The fourth-order valence-corrected chi connectivity index (χ4v) is 4.76. The Bertz CT molecular complexity index is 1050. The zero-order valence-electron chi connectivity index (χ0n) is 15.3. The number of rotatable bonds is 4. The third-order valence-electron chi connectivity index (χ3n) is 5.13. The Kier molecular flexibility index (Phi) is 4.99. The van der Waals surface area contributed by atoms with Gasteiger partial charge in [0.05, 0.1) is 17.4 Å². The van der Waals surface area contributed by atoms with E-state index in [4.69, 9.17) is 10.7 Å². The molecular weight excluding hydrogens is 382 g/mol. The van der Waals surface area contributed by atoms with Gasteiger partial charge in [-0.2, -0.15) is 0 Å². The number of halogens is 2. The molecule has 1 fully saturated rings. The summed E-state index contributed by atoms with van der Waals surface area (Å²) in [7, 11) is 1.56. The van der Waals surface area contributed by atoms with Gasteiger partial charge in [0.1, 0.15) is 21.3 Å². The van der Waals surface area contributed by atoms with Crippen molar-refractivity contribution in [2.75, 3.05) is 19.3 Å². The van der Waals surface area contributed by atoms with Crippen molar-refractivity contribution >= 4 is 33.1 Å². The molecule has 3 aromatic rings. The Balaban J connectivity index is 1.64. The van der Waals surface area contributed by atoms with E-state index in [9.17, 15) is 13.6 Å². The Labute approximate surface area is 165 Å². The molecule has 146 valence electrons. The van der Waals surface area contributed by atoms with E-state index < -0.39 is 11.6 Å². The molecule has 1 aromatic carbocycles. The number of aromatic nitrogens is 1. The molecule has 8 heteroatoms. The van der Waals surface area contributed by atoms with E-state index in [-0.39, 0.29) is 11.9 Å². The van der Waals surface area contributed by atoms with E-state index >= 15 is 0 Å². The predicted molar refractivity (Wildman–Crippen MR) is 106 cm³/mol. The van der Waals surface area contributed by atoms with Crippen molar-refractivity contribution in [1.82, 2.24) is 15.2 Å². The molecule has 3 heterocycles. The monoisotopic (exact) mass is 402 g/mol. The van der Waals surface area contributed by atoms with Gasteiger partial charge in [0.2, 0.25) is 0 Å². The Morgan fingerprint density at radius 3 is 2.96 bits per heavy atom. The van der Waals surface area contributed by atoms with Crippen LogP contribution in [0.25, 0.3) is 10.2 Å². The molecule has 5 nitrogen and oxygen atoms in total. The van der Waals surface area contributed by atoms with Crippen LogP contribution in [0, 0.1) is 11.6 Å². The van der Waals surface area contributed by atoms with Crippen molar-refractivity contribution in [3.63, 3.8) is 0 Å². The van der Waals surface area contributed by atoms with Crippen LogP contribution in [0.15, 0.2) is 30.3 Å². The average Bonchev–Trinajstić information content (AvgIpc) is 3.28. The fraction of sp³-hybridized carbons (Fsp3) is 0.300. The van der Waals surface area contributed by atoms with E-state index in [2.05, 4.69) is 10.2 Å². The van der Waals surface area contributed by atoms with E-state index in [0.717, 1.165) is 42.6 Å². The Morgan fingerprint density at radius 1 is 1.36 bits per heavy atom. The number of nitrogens with one attached hydrogen (secondary N) is 1. The summed E-state index contributed by atoms with van der Waals surface area (Å²) in [5, 5.41) is 3.34. The van der Waals surface area contributed by atoms with Gasteiger partial charge in [-0.1, -0.05) is 0 Å². The van der Waals surface area contributed by atoms with Gasteiger partial charge in [-0.25, -0.2) is 13.8 Å². The number of thiophene rings is 1. The van der Waals surface area contributed by atoms with Crippen LogP contribution in [-0.4, -0.2) is 29.4 Å². The van der Waals surface area contributed by atoms with Gasteiger partial charge < -0.3 is 11.1 Å². The van der Waals surface area contributed by atoms with E-state index in [1.54, 1.807) is 7.05 Å². The van der Waals surface area contributed by atoms with Gasteiger partial charge in [-0.15, -0.1) is 11.3 Å². The van der Waals surface area contributed by atoms with E-state index in [1.807, 2.05) is 12.1 Å². The number of carbonyl (C=O) groups is 1. The quantitative estimate of drug-likeness (QED) is 0.695. The van der Waals surface area contributed by atoms with Gasteiger partial charge in [-0.3, -0.25) is 9.69 Å². The molecule has 0 radical (unpaired) electrons. The normalized spacial score (nSPS) is 17.3. The van der Waals surface area contributed by atoms with Crippen LogP contribution in [0.3, 0.4) is 0 Å². The fourth-order valence-electron chi connectivity index (χ4n) is 3.71. The molecule has 4 rings (SSSR count). The minimum absolute atomic E-state index is 0.0128. The summed E-state index contributed by atoms with van der Waals surface area (Å²) in [6.45, 7) is 1.11. The molecule has 1 aliphatic rings. The number of anilines is 1. The number of likely N-dealkylation sites (tertiary alicyclic amines) is 1. The number of pyridine rings is 1. The summed E-state index contributed by atoms with van der Waals surface area (Å²) in [5.74, 6) is -1.08. The van der Waals surface area contributed by atoms with Crippen LogP contribution in [0.1, 0.15) is 39.8 Å². The van der Waals surface area contributed by atoms with Crippen molar-refractivity contribution in [3.8, 4) is 0 Å². The van der Waals surface area contributed by atoms with Crippen LogP contribution in [0.4, 0.5) is 14.5 Å². The smallest absolute Gasteiger partial charge is 0.263 e. The molecular formula is C20H20F2N4OS. The Morgan fingerprint density at radius 2 is 2.18 bits per heavy atom. The summed E-state index contributed by atoms with van der Waals surface area (Å²) < 4.78 is 27.6. The Hall–Kier alpha value is -2.58. The molecule has 1 amide bonds. The topological polar surface area (TPSA) is 71.2 Å². The summed E-state index contributed by atoms with van der Waals surface area (Å²) in [4.78, 5) is 20.0. The SMILES string of the molecule is CNC(=O)c1sc2nc([C@@H]3CCCN3Cc3cc(F)ccc3F)ccc2c1N. The highest BCUT2D eigenvalue weighted by Gasteiger charge is 2.28. The highest BCUT2D eigenvalue weighted by molar-refractivity contribution is 7.21. The summed E-state index contributed by atoms with van der Waals surface area (Å²) in [6, 6.07) is 7.34. The molecule has 0 bridgehead atoms. The number of hydrogen-bond donors (Lipinski definition) is 2. The zero-order chi connectivity index (χ0) is 19.8. The summed E-state index contributed by atoms with van der Waals surface area (Å²) >= 11 is 1.26. The van der Waals surface area contributed by atoms with Gasteiger partial charge in [0, 0.05) is 24.5 Å². The van der Waals surface area contributed by atoms with Crippen molar-refractivity contribution < 1.29 is 13.6 Å². The lowest BCUT2D eigenvalue weighted by Crippen LogP contribution is -2.24. The number of nitrogen functional groups attached to an aromatic ring is 1. The predicted octanol–water partition coefficient (Wildman–Crippen LogP) is 3.85. The van der Waals surface area contributed by atoms with Gasteiger partial charge in [0.15, 0.2) is 0 Å². The molecule has 3 N–H and O–H groups in total. The van der Waals surface area contributed by atoms with Crippen LogP contribution >= 0.6 is 11.3 Å². The summed E-state index contributed by atoms with van der Waals surface area (Å²) in [5.41, 5.74) is 7.73. The zero-order valence-corrected chi connectivity index (χ0v) is 16.2. The minimum atomic E-state index is -0.442. The number of fused-ring (bicyclic) bond motifs is 1. The van der Waals surface area contributed by atoms with E-state index in [1.165, 1.54) is 17.4 Å². The second-order valence-corrected chi connectivity index (χ2v) is 7.88. The molecule has 1 atom stereocenters. The first-order valence-electron chi connectivity index (χ1n) is 9.07. The standard InChI is InChI=1S/C20H20F2N4OS/c1-24-19(27)18-17(23)13-5-7-15(25-20(13)28-18)16-3-2-8-26(16)10-11-9-12(21)4-6-14(11)22/h4-7,9,16H,2-3,8,10,23H2,1H3,(H,24,27)/t16-/m0/s1. The number of nitrogens with zero attached hydrogens (tertiary/aromatic N) is 2. The molecule has 0 unspecified atom stereocenters. The van der Waals surface area contributed by atoms with E-state index in [0.29, 0.717) is 27.5 Å². The third-order valence-corrected chi connectivity index (χ3v) is 6.25. The second kappa shape index (κ2) is 7.44. The number of hydrogen-bond acceptors (Lipinski definition) is 5. The largest absolute Gasteiger partial charge is 0.397 e. The van der Waals surface area contributed by atoms with Gasteiger partial charge in [-0.05, 0) is 49.7 Å². The number of benzene rings is 1. The molecule has 0 saturated carbocycles. The second-order valence-electron chi connectivity index (χ2n) is 6.88. The third kappa shape index (κ3) is 3.33. The van der Waals surface area contributed by atoms with Crippen LogP contribution < -0.4 is 11.1 Å². The first-order chi connectivity index (χ1) is 13.5. The van der Waals surface area contributed by atoms with Gasteiger partial charge >= 0.3 is 0 Å². The van der Waals surface area contributed by atoms with Crippen LogP contribution in [0.2, 0.25) is 0 Å². The number of carbonyl (C=O) groups excluding carboxylic acids is 1. The first kappa shape index (κ1) is 18.8. The highest BCUT2D eigenvalue weighted by atomic mass is 32.1. The van der Waals surface area contributed by atoms with Crippen LogP contribution in [0.5, 0.6) is 0 Å². The van der Waals surface area contributed by atoms with Crippen molar-refractivity contribution in [2.24, 2.45) is 0 Å². The average molecular weight is 402 g/mol. The first-order valence-corrected chi connectivity index (χ1v) is 9.88. The van der Waals surface area contributed by atoms with Crippen LogP contribution in [-0.2, 0) is 6.54 Å². The molecule has 0 aliphatic carbocycles. The lowest BCUT2D eigenvalue weighted by Gasteiger charge is -2.24. The maximum atomic E-state index is 14.1. The molecule has 0 spiro atoms. The maximum Gasteiger partial charge on any atom is 0.263 e. The molecule has 1 saturated heterocycles.